The van der Waals surface area contributed by atoms with Crippen LogP contribution in [0.5, 0.6) is 0 Å². The first kappa shape index (κ1) is 17.5. The summed E-state index contributed by atoms with van der Waals surface area (Å²) in [5.41, 5.74) is 2.53. The van der Waals surface area contributed by atoms with Gasteiger partial charge in [0.05, 0.1) is 37.1 Å². The molecule has 1 aromatic rings. The van der Waals surface area contributed by atoms with Crippen LogP contribution in [0.3, 0.4) is 0 Å². The number of amides is 3. The molecule has 0 aromatic carbocycles. The molecule has 0 radical (unpaired) electrons. The van der Waals surface area contributed by atoms with Crippen molar-refractivity contribution in [2.75, 3.05) is 53.0 Å². The maximum absolute atomic E-state index is 13.0. The number of urea groups is 1. The van der Waals surface area contributed by atoms with E-state index in [9.17, 15) is 9.59 Å². The van der Waals surface area contributed by atoms with Crippen LogP contribution in [0, 0.1) is 0 Å². The van der Waals surface area contributed by atoms with E-state index in [4.69, 9.17) is 4.74 Å². The fourth-order valence-electron chi connectivity index (χ4n) is 3.80. The minimum absolute atomic E-state index is 0.0463. The summed E-state index contributed by atoms with van der Waals surface area (Å²) in [4.78, 5) is 31.2. The highest BCUT2D eigenvalue weighted by atomic mass is 32.1. The van der Waals surface area contributed by atoms with Gasteiger partial charge in [-0.1, -0.05) is 0 Å². The normalized spacial score (nSPS) is 24.3. The zero-order valence-electron chi connectivity index (χ0n) is 14.9. The lowest BCUT2D eigenvalue weighted by Gasteiger charge is -2.30. The number of nitrogens with zero attached hydrogens (tertiary/aromatic N) is 3. The molecule has 1 saturated heterocycles. The van der Waals surface area contributed by atoms with Gasteiger partial charge >= 0.3 is 6.03 Å². The van der Waals surface area contributed by atoms with Crippen molar-refractivity contribution in [3.05, 3.63) is 33.7 Å². The van der Waals surface area contributed by atoms with E-state index in [-0.39, 0.29) is 18.0 Å². The van der Waals surface area contributed by atoms with Gasteiger partial charge in [-0.15, -0.1) is 0 Å². The maximum atomic E-state index is 13.0. The molecule has 0 aliphatic carbocycles. The Kier molecular flexibility index (Phi) is 4.97. The van der Waals surface area contributed by atoms with E-state index in [2.05, 4.69) is 10.2 Å². The molecule has 1 unspecified atom stereocenters. The SMILES string of the molecule is CN1C(=O)NC(c2ccsc2)C2=C1CN(CCCN1CCOCC1)C2=O. The van der Waals surface area contributed by atoms with E-state index in [1.165, 1.54) is 0 Å². The molecule has 3 aliphatic rings. The van der Waals surface area contributed by atoms with Gasteiger partial charge in [-0.25, -0.2) is 4.79 Å². The molecule has 8 heteroatoms. The summed E-state index contributed by atoms with van der Waals surface area (Å²) in [5, 5.41) is 6.93. The standard InChI is InChI=1S/C18H24N4O3S/c1-20-14-11-22(5-2-4-21-6-8-25-9-7-21)17(23)15(14)16(19-18(20)24)13-3-10-26-12-13/h3,10,12,16H,2,4-9,11H2,1H3,(H,19,24). The van der Waals surface area contributed by atoms with Crippen molar-refractivity contribution in [2.24, 2.45) is 0 Å². The van der Waals surface area contributed by atoms with Crippen LogP contribution in [0.25, 0.3) is 0 Å². The largest absolute Gasteiger partial charge is 0.379 e. The lowest BCUT2D eigenvalue weighted by molar-refractivity contribution is -0.125. The number of ether oxygens (including phenoxy) is 1. The van der Waals surface area contributed by atoms with E-state index < -0.39 is 0 Å². The van der Waals surface area contributed by atoms with Gasteiger partial charge in [0.25, 0.3) is 5.91 Å². The summed E-state index contributed by atoms with van der Waals surface area (Å²) in [5.74, 6) is 0.0463. The van der Waals surface area contributed by atoms with E-state index in [1.54, 1.807) is 23.3 Å². The Morgan fingerprint density at radius 2 is 2.08 bits per heavy atom. The monoisotopic (exact) mass is 376 g/mol. The minimum atomic E-state index is -0.336. The first-order valence-electron chi connectivity index (χ1n) is 9.04. The molecule has 4 heterocycles. The Hall–Kier alpha value is -1.90. The van der Waals surface area contributed by atoms with Crippen LogP contribution in [0.4, 0.5) is 4.79 Å². The van der Waals surface area contributed by atoms with Gasteiger partial charge in [0.1, 0.15) is 0 Å². The second-order valence-electron chi connectivity index (χ2n) is 6.89. The van der Waals surface area contributed by atoms with Gasteiger partial charge in [0.2, 0.25) is 0 Å². The Bertz CT molecular complexity index is 712. The van der Waals surface area contributed by atoms with E-state index >= 15 is 0 Å². The number of hydrogen-bond acceptors (Lipinski definition) is 5. The molecule has 4 rings (SSSR count). The highest BCUT2D eigenvalue weighted by Gasteiger charge is 2.42. The Morgan fingerprint density at radius 1 is 1.27 bits per heavy atom. The molecular formula is C18H24N4O3S. The quantitative estimate of drug-likeness (QED) is 0.840. The second-order valence-corrected chi connectivity index (χ2v) is 7.67. The number of rotatable bonds is 5. The van der Waals surface area contributed by atoms with Gasteiger partial charge in [-0.05, 0) is 28.8 Å². The van der Waals surface area contributed by atoms with Crippen molar-refractivity contribution in [1.82, 2.24) is 20.0 Å². The first-order valence-corrected chi connectivity index (χ1v) is 9.98. The zero-order valence-corrected chi connectivity index (χ0v) is 15.8. The molecule has 7 nitrogen and oxygen atoms in total. The molecular weight excluding hydrogens is 352 g/mol. The number of carbonyl (C=O) groups is 2. The van der Waals surface area contributed by atoms with Gasteiger partial charge in [-0.2, -0.15) is 11.3 Å². The number of carbonyl (C=O) groups excluding carboxylic acids is 2. The van der Waals surface area contributed by atoms with E-state index in [1.807, 2.05) is 21.7 Å². The molecule has 1 atom stereocenters. The number of likely N-dealkylation sites (N-methyl/N-ethyl adjacent to an activating group) is 1. The van der Waals surface area contributed by atoms with Crippen molar-refractivity contribution < 1.29 is 14.3 Å². The summed E-state index contributed by atoms with van der Waals surface area (Å²) in [6.45, 7) is 5.70. The first-order chi connectivity index (χ1) is 12.6. The molecule has 0 spiro atoms. The Morgan fingerprint density at radius 3 is 2.81 bits per heavy atom. The molecule has 1 fully saturated rings. The van der Waals surface area contributed by atoms with Gasteiger partial charge in [0, 0.05) is 33.2 Å². The zero-order chi connectivity index (χ0) is 18.1. The summed E-state index contributed by atoms with van der Waals surface area (Å²) in [6.07, 6.45) is 0.931. The lowest BCUT2D eigenvalue weighted by atomic mass is 9.98. The smallest absolute Gasteiger partial charge is 0.322 e. The minimum Gasteiger partial charge on any atom is -0.379 e. The van der Waals surface area contributed by atoms with Crippen LogP contribution in [-0.2, 0) is 9.53 Å². The van der Waals surface area contributed by atoms with Gasteiger partial charge in [0.15, 0.2) is 0 Å². The molecule has 26 heavy (non-hydrogen) atoms. The average molecular weight is 376 g/mol. The topological polar surface area (TPSA) is 65.1 Å². The van der Waals surface area contributed by atoms with Crippen LogP contribution >= 0.6 is 11.3 Å². The van der Waals surface area contributed by atoms with Crippen molar-refractivity contribution >= 4 is 23.3 Å². The predicted molar refractivity (Wildman–Crippen MR) is 98.8 cm³/mol. The third-order valence-corrected chi connectivity index (χ3v) is 6.02. The van der Waals surface area contributed by atoms with Crippen LogP contribution in [0.2, 0.25) is 0 Å². The second kappa shape index (κ2) is 7.38. The number of hydrogen-bond donors (Lipinski definition) is 1. The molecule has 140 valence electrons. The third kappa shape index (κ3) is 3.24. The molecule has 3 aliphatic heterocycles. The van der Waals surface area contributed by atoms with Gasteiger partial charge in [-0.3, -0.25) is 14.6 Å². The molecule has 0 bridgehead atoms. The third-order valence-electron chi connectivity index (χ3n) is 5.32. The average Bonchev–Trinajstić information content (AvgIpc) is 3.29. The number of thiophene rings is 1. The van der Waals surface area contributed by atoms with Crippen LogP contribution in [-0.4, -0.2) is 79.6 Å². The number of morpholine rings is 1. The van der Waals surface area contributed by atoms with Crippen molar-refractivity contribution in [1.29, 1.82) is 0 Å². The summed E-state index contributed by atoms with van der Waals surface area (Å²) >= 11 is 1.57. The lowest BCUT2D eigenvalue weighted by Crippen LogP contribution is -2.45. The van der Waals surface area contributed by atoms with Crippen LogP contribution in [0.15, 0.2) is 28.1 Å². The fraction of sp³-hybridized carbons (Fsp3) is 0.556. The Balaban J connectivity index is 1.44. The van der Waals surface area contributed by atoms with E-state index in [0.717, 1.165) is 56.1 Å². The molecule has 1 N–H and O–H groups in total. The molecule has 0 saturated carbocycles. The summed E-state index contributed by atoms with van der Waals surface area (Å²) in [6, 6.07) is 1.49. The van der Waals surface area contributed by atoms with Crippen molar-refractivity contribution in [3.63, 3.8) is 0 Å². The van der Waals surface area contributed by atoms with Crippen LogP contribution in [0.1, 0.15) is 18.0 Å². The summed E-state index contributed by atoms with van der Waals surface area (Å²) in [7, 11) is 1.74. The van der Waals surface area contributed by atoms with Crippen molar-refractivity contribution in [3.8, 4) is 0 Å². The van der Waals surface area contributed by atoms with E-state index in [0.29, 0.717) is 13.1 Å². The van der Waals surface area contributed by atoms with Crippen LogP contribution < -0.4 is 5.32 Å². The number of nitrogens with one attached hydrogen (secondary N) is 1. The fourth-order valence-corrected chi connectivity index (χ4v) is 4.49. The highest BCUT2D eigenvalue weighted by Crippen LogP contribution is 2.36. The predicted octanol–water partition coefficient (Wildman–Crippen LogP) is 1.26. The Labute approximate surface area is 157 Å². The van der Waals surface area contributed by atoms with Gasteiger partial charge < -0.3 is 15.0 Å². The highest BCUT2D eigenvalue weighted by molar-refractivity contribution is 7.08. The molecule has 3 amide bonds. The molecule has 1 aromatic heterocycles. The summed E-state index contributed by atoms with van der Waals surface area (Å²) < 4.78 is 5.37. The van der Waals surface area contributed by atoms with Crippen molar-refractivity contribution in [2.45, 2.75) is 12.5 Å². The maximum Gasteiger partial charge on any atom is 0.322 e.